The zero-order valence-electron chi connectivity index (χ0n) is 17.0. The molecule has 0 saturated carbocycles. The number of hydrogen-bond acceptors (Lipinski definition) is 3. The van der Waals surface area contributed by atoms with Crippen molar-refractivity contribution < 1.29 is 14.6 Å². The number of carboxylic acid groups (broad SMARTS) is 1. The average molecular weight is 424 g/mol. The molecule has 0 unspecified atom stereocenters. The molecule has 1 heterocycles. The second kappa shape index (κ2) is 14.9. The molecular formula is C22H30ClNO3S. The van der Waals surface area contributed by atoms with Crippen LogP contribution in [0.25, 0.3) is 10.9 Å². The SMILES string of the molecule is C/C=C\C(Cl)=C/CC.C=CC.COc1ccc2c(c1)c(CCC(=O)O)cn2S. The van der Waals surface area contributed by atoms with Crippen LogP contribution in [-0.2, 0) is 11.2 Å². The van der Waals surface area contributed by atoms with Gasteiger partial charge in [-0.15, -0.1) is 6.58 Å². The third-order valence-electron chi connectivity index (χ3n) is 3.41. The lowest BCUT2D eigenvalue weighted by Gasteiger charge is -2.01. The molecule has 0 aliphatic carbocycles. The van der Waals surface area contributed by atoms with E-state index in [0.717, 1.165) is 33.7 Å². The molecule has 0 bridgehead atoms. The molecule has 0 atom stereocenters. The zero-order chi connectivity index (χ0) is 21.5. The largest absolute Gasteiger partial charge is 0.497 e. The van der Waals surface area contributed by atoms with Crippen LogP contribution in [0, 0.1) is 0 Å². The highest BCUT2D eigenvalue weighted by Crippen LogP contribution is 2.27. The minimum atomic E-state index is -0.798. The Hall–Kier alpha value is -2.11. The summed E-state index contributed by atoms with van der Waals surface area (Å²) in [5.74, 6) is -0.0402. The van der Waals surface area contributed by atoms with Crippen molar-refractivity contribution >= 4 is 41.3 Å². The number of hydrogen-bond donors (Lipinski definition) is 2. The summed E-state index contributed by atoms with van der Waals surface area (Å²) in [4.78, 5) is 10.6. The van der Waals surface area contributed by atoms with Gasteiger partial charge in [0.05, 0.1) is 12.6 Å². The number of methoxy groups -OCH3 is 1. The van der Waals surface area contributed by atoms with Crippen LogP contribution in [0.4, 0.5) is 0 Å². The van der Waals surface area contributed by atoms with Gasteiger partial charge in [0.1, 0.15) is 5.75 Å². The highest BCUT2D eigenvalue weighted by Gasteiger charge is 2.09. The van der Waals surface area contributed by atoms with Gasteiger partial charge >= 0.3 is 5.97 Å². The van der Waals surface area contributed by atoms with Gasteiger partial charge in [0.15, 0.2) is 0 Å². The number of nitrogens with zero attached hydrogens (tertiary/aromatic N) is 1. The van der Waals surface area contributed by atoms with Gasteiger partial charge in [0, 0.05) is 23.0 Å². The number of carboxylic acids is 1. The third-order valence-corrected chi connectivity index (χ3v) is 4.02. The van der Waals surface area contributed by atoms with Crippen molar-refractivity contribution in [2.45, 2.75) is 40.0 Å². The average Bonchev–Trinajstić information content (AvgIpc) is 2.97. The Morgan fingerprint density at radius 3 is 2.54 bits per heavy atom. The third kappa shape index (κ3) is 9.72. The first kappa shape index (κ1) is 25.9. The molecule has 1 aromatic heterocycles. The lowest BCUT2D eigenvalue weighted by Crippen LogP contribution is -1.96. The Balaban J connectivity index is 0.000000558. The van der Waals surface area contributed by atoms with Crippen LogP contribution in [0.3, 0.4) is 0 Å². The van der Waals surface area contributed by atoms with E-state index >= 15 is 0 Å². The molecule has 1 aromatic carbocycles. The molecule has 2 rings (SSSR count). The molecule has 6 heteroatoms. The summed E-state index contributed by atoms with van der Waals surface area (Å²) in [7, 11) is 1.61. The van der Waals surface area contributed by atoms with Gasteiger partial charge in [-0.2, -0.15) is 0 Å². The molecule has 0 spiro atoms. The topological polar surface area (TPSA) is 51.5 Å². The van der Waals surface area contributed by atoms with E-state index in [1.807, 2.05) is 56.5 Å². The maximum absolute atomic E-state index is 10.6. The van der Waals surface area contributed by atoms with E-state index in [1.54, 1.807) is 17.2 Å². The highest BCUT2D eigenvalue weighted by molar-refractivity contribution is 7.78. The van der Waals surface area contributed by atoms with Crippen molar-refractivity contribution in [3.8, 4) is 5.75 Å². The highest BCUT2D eigenvalue weighted by atomic mass is 35.5. The Kier molecular flexibility index (Phi) is 13.8. The predicted octanol–water partition coefficient (Wildman–Crippen LogP) is 6.65. The fraction of sp³-hybridized carbons (Fsp3) is 0.318. The Bertz CT molecular complexity index is 809. The van der Waals surface area contributed by atoms with Gasteiger partial charge in [-0.1, -0.05) is 49.6 Å². The summed E-state index contributed by atoms with van der Waals surface area (Å²) < 4.78 is 6.86. The fourth-order valence-electron chi connectivity index (χ4n) is 2.25. The van der Waals surface area contributed by atoms with Gasteiger partial charge in [-0.25, -0.2) is 0 Å². The minimum Gasteiger partial charge on any atom is -0.497 e. The van der Waals surface area contributed by atoms with Crippen LogP contribution in [-0.4, -0.2) is 22.2 Å². The summed E-state index contributed by atoms with van der Waals surface area (Å²) >= 11 is 9.96. The first-order valence-electron chi connectivity index (χ1n) is 8.98. The first-order chi connectivity index (χ1) is 13.3. The Morgan fingerprint density at radius 2 is 2.04 bits per heavy atom. The molecule has 154 valence electrons. The summed E-state index contributed by atoms with van der Waals surface area (Å²) in [6.45, 7) is 9.26. The minimum absolute atomic E-state index is 0.115. The molecule has 0 aliphatic rings. The molecule has 0 radical (unpaired) electrons. The van der Waals surface area contributed by atoms with Crippen LogP contribution in [0.5, 0.6) is 5.75 Å². The Labute approximate surface area is 178 Å². The van der Waals surface area contributed by atoms with E-state index in [4.69, 9.17) is 21.4 Å². The fourth-order valence-corrected chi connectivity index (χ4v) is 2.84. The number of rotatable bonds is 6. The van der Waals surface area contributed by atoms with E-state index in [0.29, 0.717) is 6.42 Å². The van der Waals surface area contributed by atoms with Crippen molar-refractivity contribution in [2.75, 3.05) is 7.11 Å². The molecule has 0 saturated heterocycles. The second-order valence-electron chi connectivity index (χ2n) is 5.68. The van der Waals surface area contributed by atoms with Gasteiger partial charge in [0.2, 0.25) is 0 Å². The number of aryl methyl sites for hydroxylation is 1. The van der Waals surface area contributed by atoms with E-state index in [-0.39, 0.29) is 6.42 Å². The summed E-state index contributed by atoms with van der Waals surface area (Å²) in [6, 6.07) is 5.67. The Morgan fingerprint density at radius 1 is 1.39 bits per heavy atom. The number of thiol groups is 1. The number of benzene rings is 1. The lowest BCUT2D eigenvalue weighted by molar-refractivity contribution is -0.136. The number of carbonyl (C=O) groups is 1. The molecule has 0 aliphatic heterocycles. The van der Waals surface area contributed by atoms with Crippen LogP contribution in [0.15, 0.2) is 60.3 Å². The number of ether oxygens (including phenoxy) is 1. The second-order valence-corrected chi connectivity index (χ2v) is 6.55. The van der Waals surface area contributed by atoms with Crippen molar-refractivity contribution in [1.29, 1.82) is 0 Å². The van der Waals surface area contributed by atoms with Gasteiger partial charge in [0.25, 0.3) is 0 Å². The van der Waals surface area contributed by atoms with Crippen molar-refractivity contribution in [2.24, 2.45) is 0 Å². The standard InChI is InChI=1S/C12H13NO3S.C7H11Cl.C3H6/c1-16-9-3-4-11-10(6-9)8(7-13(11)17)2-5-12(14)15;1-3-5-7(8)6-4-2;1-3-2/h3-4,6-7,17H,2,5H2,1H3,(H,14,15);3,5-6H,4H2,1-2H3;3H,1H2,2H3/b;5-3-,7-6+;. The molecular weight excluding hydrogens is 394 g/mol. The predicted molar refractivity (Wildman–Crippen MR) is 124 cm³/mol. The van der Waals surface area contributed by atoms with E-state index in [2.05, 4.69) is 26.3 Å². The molecule has 4 nitrogen and oxygen atoms in total. The van der Waals surface area contributed by atoms with Gasteiger partial charge in [-0.3, -0.25) is 8.77 Å². The number of aliphatic carboxylic acids is 1. The monoisotopic (exact) mass is 423 g/mol. The van der Waals surface area contributed by atoms with Crippen LogP contribution >= 0.6 is 24.4 Å². The molecule has 0 amide bonds. The number of halogens is 1. The maximum atomic E-state index is 10.6. The molecule has 28 heavy (non-hydrogen) atoms. The smallest absolute Gasteiger partial charge is 0.303 e. The maximum Gasteiger partial charge on any atom is 0.303 e. The quantitative estimate of drug-likeness (QED) is 0.310. The number of aromatic nitrogens is 1. The van der Waals surface area contributed by atoms with Crippen molar-refractivity contribution in [1.82, 2.24) is 3.97 Å². The summed E-state index contributed by atoms with van der Waals surface area (Å²) in [5.41, 5.74) is 1.92. The summed E-state index contributed by atoms with van der Waals surface area (Å²) in [5, 5.41) is 10.5. The van der Waals surface area contributed by atoms with E-state index < -0.39 is 5.97 Å². The van der Waals surface area contributed by atoms with E-state index in [1.165, 1.54) is 0 Å². The van der Waals surface area contributed by atoms with Crippen LogP contribution in [0.2, 0.25) is 0 Å². The number of allylic oxidation sites excluding steroid dienone is 5. The molecule has 1 N–H and O–H groups in total. The molecule has 0 fully saturated rings. The van der Waals surface area contributed by atoms with Gasteiger partial charge in [-0.05, 0) is 56.5 Å². The number of fused-ring (bicyclic) bond motifs is 1. The van der Waals surface area contributed by atoms with E-state index in [9.17, 15) is 4.79 Å². The van der Waals surface area contributed by atoms with Gasteiger partial charge < -0.3 is 9.84 Å². The van der Waals surface area contributed by atoms with Crippen LogP contribution < -0.4 is 4.74 Å². The normalized spacial score (nSPS) is 10.7. The zero-order valence-corrected chi connectivity index (χ0v) is 18.6. The summed E-state index contributed by atoms with van der Waals surface area (Å²) in [6.07, 6.45) is 11.0. The van der Waals surface area contributed by atoms with Crippen LogP contribution in [0.1, 0.15) is 39.2 Å². The van der Waals surface area contributed by atoms with Crippen molar-refractivity contribution in [3.05, 3.63) is 65.9 Å². The molecule has 2 aromatic rings. The first-order valence-corrected chi connectivity index (χ1v) is 9.76. The lowest BCUT2D eigenvalue weighted by atomic mass is 10.1. The van der Waals surface area contributed by atoms with Crippen molar-refractivity contribution in [3.63, 3.8) is 0 Å².